The molecule has 3 aromatic rings. The number of nitrogens with zero attached hydrogens (tertiary/aromatic N) is 2. The highest BCUT2D eigenvalue weighted by Gasteiger charge is 2.60. The van der Waals surface area contributed by atoms with Crippen LogP contribution in [0.3, 0.4) is 0 Å². The standard InChI is InChI=1S/C21H19N2O4.BF4/c1-26-19(24)21(20(25)27-2,18-6-4-3-5-7-18)23-14-10-17(11-15-23)16-8-12-22-13-9-16;2-1(3,4)5/h3-15H,1-2H3;/q+1;-1. The van der Waals surface area contributed by atoms with E-state index in [0.717, 1.165) is 11.1 Å². The van der Waals surface area contributed by atoms with Gasteiger partial charge in [-0.2, -0.15) is 4.57 Å². The maximum atomic E-state index is 12.8. The molecule has 0 fully saturated rings. The minimum atomic E-state index is -6.00. The summed E-state index contributed by atoms with van der Waals surface area (Å²) in [6.07, 6.45) is 6.73. The van der Waals surface area contributed by atoms with E-state index >= 15 is 0 Å². The van der Waals surface area contributed by atoms with Crippen molar-refractivity contribution in [2.45, 2.75) is 5.54 Å². The van der Waals surface area contributed by atoms with E-state index in [9.17, 15) is 26.9 Å². The van der Waals surface area contributed by atoms with E-state index in [2.05, 4.69) is 4.98 Å². The molecule has 6 nitrogen and oxygen atoms in total. The monoisotopic (exact) mass is 450 g/mol. The predicted molar refractivity (Wildman–Crippen MR) is 108 cm³/mol. The number of pyridine rings is 2. The van der Waals surface area contributed by atoms with Crippen LogP contribution in [0.4, 0.5) is 17.3 Å². The van der Waals surface area contributed by atoms with Gasteiger partial charge in [-0.15, -0.1) is 0 Å². The lowest BCUT2D eigenvalue weighted by atomic mass is 9.89. The Labute approximate surface area is 181 Å². The van der Waals surface area contributed by atoms with E-state index in [0.29, 0.717) is 5.56 Å². The molecule has 0 aliphatic carbocycles. The molecule has 0 aliphatic heterocycles. The van der Waals surface area contributed by atoms with Gasteiger partial charge in [0.2, 0.25) is 0 Å². The Bertz CT molecular complexity index is 1010. The van der Waals surface area contributed by atoms with E-state index in [4.69, 9.17) is 9.47 Å². The number of hydrogen-bond donors (Lipinski definition) is 0. The van der Waals surface area contributed by atoms with Crippen molar-refractivity contribution in [1.82, 2.24) is 4.98 Å². The molecule has 0 radical (unpaired) electrons. The van der Waals surface area contributed by atoms with Crippen molar-refractivity contribution in [3.8, 4) is 11.1 Å². The fourth-order valence-corrected chi connectivity index (χ4v) is 3.04. The quantitative estimate of drug-likeness (QED) is 0.196. The summed E-state index contributed by atoms with van der Waals surface area (Å²) in [6.45, 7) is 0. The number of carbonyl (C=O) groups excluding carboxylic acids is 2. The lowest BCUT2D eigenvalue weighted by Gasteiger charge is -2.23. The van der Waals surface area contributed by atoms with Crippen LogP contribution in [0.5, 0.6) is 0 Å². The van der Waals surface area contributed by atoms with E-state index in [1.54, 1.807) is 55.1 Å². The number of carbonyl (C=O) groups is 2. The molecule has 2 heterocycles. The van der Waals surface area contributed by atoms with Crippen molar-refractivity contribution in [2.24, 2.45) is 0 Å². The molecule has 11 heteroatoms. The fourth-order valence-electron chi connectivity index (χ4n) is 3.04. The third-order valence-electron chi connectivity index (χ3n) is 4.38. The van der Waals surface area contributed by atoms with Crippen LogP contribution in [-0.4, -0.2) is 38.4 Å². The predicted octanol–water partition coefficient (Wildman–Crippen LogP) is 3.43. The molecular formula is C21H19BF4N2O4. The van der Waals surface area contributed by atoms with E-state index < -0.39 is 24.7 Å². The molecule has 3 rings (SSSR count). The largest absolute Gasteiger partial charge is 0.673 e. The molecule has 168 valence electrons. The number of ether oxygens (including phenoxy) is 2. The summed E-state index contributed by atoms with van der Waals surface area (Å²) in [6, 6.07) is 16.1. The van der Waals surface area contributed by atoms with E-state index in [1.807, 2.05) is 24.3 Å². The van der Waals surface area contributed by atoms with Gasteiger partial charge in [-0.3, -0.25) is 4.98 Å². The van der Waals surface area contributed by atoms with Crippen molar-refractivity contribution in [1.29, 1.82) is 0 Å². The van der Waals surface area contributed by atoms with Crippen molar-refractivity contribution >= 4 is 19.2 Å². The highest BCUT2D eigenvalue weighted by molar-refractivity contribution is 6.50. The molecule has 32 heavy (non-hydrogen) atoms. The van der Waals surface area contributed by atoms with Gasteiger partial charge in [0.05, 0.1) is 14.2 Å². The maximum Gasteiger partial charge on any atom is 0.673 e. The Morgan fingerprint density at radius 2 is 1.25 bits per heavy atom. The van der Waals surface area contributed by atoms with Crippen molar-refractivity contribution in [3.63, 3.8) is 0 Å². The van der Waals surface area contributed by atoms with Crippen LogP contribution < -0.4 is 4.57 Å². The number of methoxy groups -OCH3 is 2. The number of rotatable bonds is 5. The Morgan fingerprint density at radius 3 is 1.69 bits per heavy atom. The van der Waals surface area contributed by atoms with Gasteiger partial charge < -0.3 is 26.7 Å². The Kier molecular flexibility index (Phi) is 8.06. The first-order chi connectivity index (χ1) is 15.1. The average molecular weight is 450 g/mol. The highest BCUT2D eigenvalue weighted by Crippen LogP contribution is 2.25. The summed E-state index contributed by atoms with van der Waals surface area (Å²) in [5.74, 6) is -1.47. The third-order valence-corrected chi connectivity index (χ3v) is 4.38. The molecule has 2 aromatic heterocycles. The van der Waals surface area contributed by atoms with Crippen molar-refractivity contribution in [2.75, 3.05) is 14.2 Å². The zero-order valence-corrected chi connectivity index (χ0v) is 17.1. The van der Waals surface area contributed by atoms with Crippen LogP contribution in [0.1, 0.15) is 5.56 Å². The molecule has 0 bridgehead atoms. The first-order valence-electron chi connectivity index (χ1n) is 9.16. The third kappa shape index (κ3) is 5.68. The molecular weight excluding hydrogens is 431 g/mol. The zero-order valence-electron chi connectivity index (χ0n) is 17.1. The van der Waals surface area contributed by atoms with Gasteiger partial charge in [-0.25, -0.2) is 9.59 Å². The molecule has 0 saturated heterocycles. The van der Waals surface area contributed by atoms with Gasteiger partial charge >= 0.3 is 24.7 Å². The summed E-state index contributed by atoms with van der Waals surface area (Å²) >= 11 is 0. The van der Waals surface area contributed by atoms with Gasteiger partial charge in [0.25, 0.3) is 0 Å². The molecule has 0 saturated carbocycles. The zero-order chi connectivity index (χ0) is 23.8. The number of aromatic nitrogens is 2. The maximum absolute atomic E-state index is 12.8. The highest BCUT2D eigenvalue weighted by atomic mass is 19.5. The molecule has 0 amide bonds. The molecule has 0 spiro atoms. The smallest absolute Gasteiger partial charge is 0.463 e. The number of esters is 2. The average Bonchev–Trinajstić information content (AvgIpc) is 2.80. The molecule has 0 unspecified atom stereocenters. The number of benzene rings is 1. The lowest BCUT2D eigenvalue weighted by molar-refractivity contribution is -0.727. The first kappa shape index (κ1) is 24.5. The molecule has 0 atom stereocenters. The van der Waals surface area contributed by atoms with E-state index in [1.165, 1.54) is 18.8 Å². The molecule has 0 aliphatic rings. The summed E-state index contributed by atoms with van der Waals surface area (Å²) in [4.78, 5) is 29.7. The fraction of sp³-hybridized carbons (Fsp3) is 0.143. The number of hydrogen-bond acceptors (Lipinski definition) is 5. The van der Waals surface area contributed by atoms with Crippen LogP contribution in [0, 0.1) is 0 Å². The SMILES string of the molecule is COC(=O)C(C(=O)OC)(c1ccccc1)[n+]1ccc(-c2ccncc2)cc1.F[B-](F)(F)F. The van der Waals surface area contributed by atoms with Gasteiger partial charge in [0.15, 0.2) is 12.4 Å². The second-order valence-corrected chi connectivity index (χ2v) is 6.28. The minimum absolute atomic E-state index is 0.449. The topological polar surface area (TPSA) is 69.4 Å². The van der Waals surface area contributed by atoms with E-state index in [-0.39, 0.29) is 0 Å². The second-order valence-electron chi connectivity index (χ2n) is 6.28. The van der Waals surface area contributed by atoms with Crippen molar-refractivity contribution in [3.05, 3.63) is 84.9 Å². The minimum Gasteiger partial charge on any atom is -0.463 e. The van der Waals surface area contributed by atoms with Crippen molar-refractivity contribution < 1.29 is 40.9 Å². The Morgan fingerprint density at radius 1 is 0.812 bits per heavy atom. The Balaban J connectivity index is 0.000000654. The second kappa shape index (κ2) is 10.5. The van der Waals surface area contributed by atoms with Crippen LogP contribution in [-0.2, 0) is 24.6 Å². The van der Waals surface area contributed by atoms with Gasteiger partial charge in [0, 0.05) is 30.1 Å². The first-order valence-corrected chi connectivity index (χ1v) is 9.16. The molecule has 1 aromatic carbocycles. The van der Waals surface area contributed by atoms with Crippen LogP contribution in [0.25, 0.3) is 11.1 Å². The summed E-state index contributed by atoms with van der Waals surface area (Å²) in [5.41, 5.74) is 0.566. The van der Waals surface area contributed by atoms with Gasteiger partial charge in [-0.05, 0) is 23.3 Å². The summed E-state index contributed by atoms with van der Waals surface area (Å²) in [5, 5.41) is 0. The van der Waals surface area contributed by atoms with Crippen LogP contribution >= 0.6 is 0 Å². The number of halogens is 4. The Hall–Kier alpha value is -3.76. The normalized spacial score (nSPS) is 11.1. The van der Waals surface area contributed by atoms with Crippen LogP contribution in [0.15, 0.2) is 79.4 Å². The van der Waals surface area contributed by atoms with Crippen LogP contribution in [0.2, 0.25) is 0 Å². The summed E-state index contributed by atoms with van der Waals surface area (Å²) < 4.78 is 50.5. The lowest BCUT2D eigenvalue weighted by Crippen LogP contribution is -2.67. The van der Waals surface area contributed by atoms with Gasteiger partial charge in [0.1, 0.15) is 0 Å². The molecule has 0 N–H and O–H groups in total. The van der Waals surface area contributed by atoms with Gasteiger partial charge in [-0.1, -0.05) is 30.3 Å². The summed E-state index contributed by atoms with van der Waals surface area (Å²) in [7, 11) is -3.51.